The molecule has 1 aromatic heterocycles. The van der Waals surface area contributed by atoms with E-state index >= 15 is 0 Å². The van der Waals surface area contributed by atoms with Gasteiger partial charge in [0.1, 0.15) is 0 Å². The van der Waals surface area contributed by atoms with Crippen LogP contribution >= 0.6 is 0 Å². The number of Topliss-reactive ketones (excluding diaryl/α,β-unsaturated/α-hetero) is 1. The number of benzene rings is 1. The topological polar surface area (TPSA) is 50.2 Å². The highest BCUT2D eigenvalue weighted by Gasteiger charge is 2.49. The quantitative estimate of drug-likeness (QED) is 0.573. The van der Waals surface area contributed by atoms with Crippen molar-refractivity contribution in [3.05, 3.63) is 64.5 Å². The van der Waals surface area contributed by atoms with Crippen molar-refractivity contribution in [2.45, 2.75) is 96.0 Å². The molecule has 0 radical (unpaired) electrons. The molecule has 1 N–H and O–H groups in total. The van der Waals surface area contributed by atoms with Crippen LogP contribution in [0.15, 0.2) is 36.5 Å². The minimum Gasteiger partial charge on any atom is -0.390 e. The molecule has 31 heavy (non-hydrogen) atoms. The zero-order valence-corrected chi connectivity index (χ0v) is 19.4. The van der Waals surface area contributed by atoms with Gasteiger partial charge in [0.2, 0.25) is 0 Å². The number of pyridine rings is 1. The minimum absolute atomic E-state index is 0.156. The second kappa shape index (κ2) is 8.86. The van der Waals surface area contributed by atoms with Crippen molar-refractivity contribution in [1.82, 2.24) is 4.98 Å². The maximum atomic E-state index is 13.1. The van der Waals surface area contributed by atoms with E-state index < -0.39 is 5.60 Å². The lowest BCUT2D eigenvalue weighted by Gasteiger charge is -2.50. The monoisotopic (exact) mass is 419 g/mol. The highest BCUT2D eigenvalue weighted by Crippen LogP contribution is 2.54. The smallest absolute Gasteiger partial charge is 0.167 e. The van der Waals surface area contributed by atoms with Gasteiger partial charge in [-0.25, -0.2) is 0 Å². The fraction of sp³-hybridized carbons (Fsp3) is 0.571. The summed E-state index contributed by atoms with van der Waals surface area (Å²) in [4.78, 5) is 17.4. The van der Waals surface area contributed by atoms with Crippen molar-refractivity contribution in [3.63, 3.8) is 0 Å². The van der Waals surface area contributed by atoms with Crippen LogP contribution in [0.25, 0.3) is 0 Å². The number of nitrogens with zero attached hydrogens (tertiary/aromatic N) is 1. The standard InChI is InChI=1S/C28H37NO2/c1-4-13-28-15-14-27(31,5-2)19-24(28)10-6-8-22-17-23(11-12-25(22)28)26(30)18-21-9-7-16-29-20(21)3/h7,9,11-12,16-17,24,31H,4-6,8,10,13-15,18-19H2,1-3H3/t24-,27+,28+/m0/s1. The molecule has 2 aliphatic rings. The van der Waals surface area contributed by atoms with E-state index in [0.717, 1.165) is 61.8 Å². The second-order valence-corrected chi connectivity index (χ2v) is 10.00. The Morgan fingerprint density at radius 2 is 2.06 bits per heavy atom. The predicted molar refractivity (Wildman–Crippen MR) is 126 cm³/mol. The Kier molecular flexibility index (Phi) is 6.35. The number of carbonyl (C=O) groups is 1. The molecule has 1 aromatic carbocycles. The van der Waals surface area contributed by atoms with Crippen LogP contribution in [0.5, 0.6) is 0 Å². The molecule has 4 rings (SSSR count). The first-order valence-corrected chi connectivity index (χ1v) is 12.2. The highest BCUT2D eigenvalue weighted by atomic mass is 16.3. The molecule has 0 saturated heterocycles. The number of rotatable bonds is 6. The van der Waals surface area contributed by atoms with Gasteiger partial charge in [-0.05, 0) is 98.4 Å². The van der Waals surface area contributed by atoms with E-state index in [4.69, 9.17) is 0 Å². The molecular formula is C28H37NO2. The maximum absolute atomic E-state index is 13.1. The second-order valence-electron chi connectivity index (χ2n) is 10.00. The van der Waals surface area contributed by atoms with Crippen LogP contribution in [0, 0.1) is 12.8 Å². The van der Waals surface area contributed by atoms with Gasteiger partial charge in [-0.1, -0.05) is 38.5 Å². The van der Waals surface area contributed by atoms with Gasteiger partial charge in [0.15, 0.2) is 5.78 Å². The van der Waals surface area contributed by atoms with Crippen molar-refractivity contribution in [1.29, 1.82) is 0 Å². The van der Waals surface area contributed by atoms with E-state index in [1.165, 1.54) is 24.0 Å². The van der Waals surface area contributed by atoms with Gasteiger partial charge in [0.05, 0.1) is 5.60 Å². The first kappa shape index (κ1) is 22.2. The van der Waals surface area contributed by atoms with Crippen LogP contribution in [0.4, 0.5) is 0 Å². The number of carbonyl (C=O) groups excluding carboxylic acids is 1. The number of hydrogen-bond donors (Lipinski definition) is 1. The van der Waals surface area contributed by atoms with E-state index in [9.17, 15) is 9.90 Å². The first-order valence-electron chi connectivity index (χ1n) is 12.2. The number of hydrogen-bond acceptors (Lipinski definition) is 3. The lowest BCUT2D eigenvalue weighted by atomic mass is 9.56. The van der Waals surface area contributed by atoms with E-state index in [0.29, 0.717) is 12.3 Å². The molecule has 1 heterocycles. The maximum Gasteiger partial charge on any atom is 0.167 e. The Morgan fingerprint density at radius 1 is 1.23 bits per heavy atom. The number of aromatic nitrogens is 1. The molecule has 0 unspecified atom stereocenters. The largest absolute Gasteiger partial charge is 0.390 e. The van der Waals surface area contributed by atoms with Crippen LogP contribution < -0.4 is 0 Å². The summed E-state index contributed by atoms with van der Waals surface area (Å²) in [7, 11) is 0. The van der Waals surface area contributed by atoms with Crippen molar-refractivity contribution >= 4 is 5.78 Å². The van der Waals surface area contributed by atoms with Crippen LogP contribution in [0.2, 0.25) is 0 Å². The molecule has 3 heteroatoms. The van der Waals surface area contributed by atoms with E-state index in [2.05, 4.69) is 37.0 Å². The Hall–Kier alpha value is -2.00. The van der Waals surface area contributed by atoms with Gasteiger partial charge >= 0.3 is 0 Å². The summed E-state index contributed by atoms with van der Waals surface area (Å²) in [6, 6.07) is 10.4. The summed E-state index contributed by atoms with van der Waals surface area (Å²) in [5.41, 5.74) is 5.26. The average molecular weight is 420 g/mol. The Bertz CT molecular complexity index is 952. The first-order chi connectivity index (χ1) is 14.9. The van der Waals surface area contributed by atoms with Crippen LogP contribution in [-0.2, 0) is 18.3 Å². The summed E-state index contributed by atoms with van der Waals surface area (Å²) < 4.78 is 0. The number of fused-ring (bicyclic) bond motifs is 3. The van der Waals surface area contributed by atoms with Gasteiger partial charge in [0, 0.05) is 23.9 Å². The number of ketones is 1. The molecule has 1 fully saturated rings. The summed E-state index contributed by atoms with van der Waals surface area (Å²) >= 11 is 0. The molecule has 2 aromatic rings. The predicted octanol–water partition coefficient (Wildman–Crippen LogP) is 6.13. The molecule has 3 nitrogen and oxygen atoms in total. The van der Waals surface area contributed by atoms with Crippen molar-refractivity contribution in [3.8, 4) is 0 Å². The van der Waals surface area contributed by atoms with Gasteiger partial charge in [-0.15, -0.1) is 0 Å². The van der Waals surface area contributed by atoms with E-state index in [1.807, 2.05) is 19.1 Å². The van der Waals surface area contributed by atoms with Gasteiger partial charge in [0.25, 0.3) is 0 Å². The van der Waals surface area contributed by atoms with Crippen LogP contribution in [0.3, 0.4) is 0 Å². The Morgan fingerprint density at radius 3 is 2.81 bits per heavy atom. The summed E-state index contributed by atoms with van der Waals surface area (Å²) in [5, 5.41) is 11.1. The number of aliphatic hydroxyl groups is 1. The molecule has 3 atom stereocenters. The molecular weight excluding hydrogens is 382 g/mol. The third-order valence-electron chi connectivity index (χ3n) is 8.23. The Balaban J connectivity index is 1.67. The van der Waals surface area contributed by atoms with Crippen molar-refractivity contribution in [2.24, 2.45) is 5.92 Å². The third kappa shape index (κ3) is 4.22. The summed E-state index contributed by atoms with van der Waals surface area (Å²) in [5.74, 6) is 0.709. The minimum atomic E-state index is -0.496. The molecule has 0 spiro atoms. The molecule has 2 aliphatic carbocycles. The highest BCUT2D eigenvalue weighted by molar-refractivity contribution is 5.97. The Labute approximate surface area is 187 Å². The lowest BCUT2D eigenvalue weighted by molar-refractivity contribution is -0.0517. The SMILES string of the molecule is CCC[C@@]12CC[C@](O)(CC)C[C@@H]1CCCc1cc(C(=O)Cc3cccnc3C)ccc12. The summed E-state index contributed by atoms with van der Waals surface area (Å²) in [6.45, 7) is 6.37. The van der Waals surface area contributed by atoms with Gasteiger partial charge in [-0.2, -0.15) is 0 Å². The molecule has 166 valence electrons. The fourth-order valence-corrected chi connectivity index (χ4v) is 6.36. The molecule has 1 saturated carbocycles. The summed E-state index contributed by atoms with van der Waals surface area (Å²) in [6.07, 6.45) is 11.6. The van der Waals surface area contributed by atoms with Crippen LogP contribution in [-0.4, -0.2) is 21.5 Å². The van der Waals surface area contributed by atoms with E-state index in [1.54, 1.807) is 6.20 Å². The fourth-order valence-electron chi connectivity index (χ4n) is 6.36. The third-order valence-corrected chi connectivity index (χ3v) is 8.23. The molecule has 0 bridgehead atoms. The zero-order chi connectivity index (χ0) is 22.1. The van der Waals surface area contributed by atoms with Crippen LogP contribution in [0.1, 0.15) is 98.0 Å². The number of aryl methyl sites for hydroxylation is 2. The normalized spacial score (nSPS) is 27.8. The van der Waals surface area contributed by atoms with E-state index in [-0.39, 0.29) is 11.2 Å². The van der Waals surface area contributed by atoms with Crippen molar-refractivity contribution < 1.29 is 9.90 Å². The average Bonchev–Trinajstić information content (AvgIpc) is 2.92. The zero-order valence-electron chi connectivity index (χ0n) is 19.4. The van der Waals surface area contributed by atoms with Gasteiger partial charge < -0.3 is 5.11 Å². The molecule has 0 amide bonds. The van der Waals surface area contributed by atoms with Crippen molar-refractivity contribution in [2.75, 3.05) is 0 Å². The molecule has 0 aliphatic heterocycles. The lowest BCUT2D eigenvalue weighted by Crippen LogP contribution is -2.47. The van der Waals surface area contributed by atoms with Gasteiger partial charge in [-0.3, -0.25) is 9.78 Å².